The van der Waals surface area contributed by atoms with E-state index in [9.17, 15) is 9.59 Å². The number of carbonyl (C=O) groups excluding carboxylic acids is 1. The molecule has 0 N–H and O–H groups in total. The number of ether oxygens (including phenoxy) is 2. The van der Waals surface area contributed by atoms with Crippen molar-refractivity contribution in [3.05, 3.63) is 86.9 Å². The van der Waals surface area contributed by atoms with Crippen LogP contribution in [0.15, 0.2) is 69.9 Å². The summed E-state index contributed by atoms with van der Waals surface area (Å²) in [7, 11) is 0. The molecule has 5 rings (SSSR count). The van der Waals surface area contributed by atoms with Gasteiger partial charge < -0.3 is 13.9 Å². The van der Waals surface area contributed by atoms with E-state index in [0.717, 1.165) is 36.1 Å². The van der Waals surface area contributed by atoms with Crippen LogP contribution in [0.5, 0.6) is 5.75 Å². The molecule has 0 atom stereocenters. The summed E-state index contributed by atoms with van der Waals surface area (Å²) in [6, 6.07) is 18.2. The lowest BCUT2D eigenvalue weighted by Crippen LogP contribution is -2.23. The molecule has 9 heteroatoms. The number of hydrogen-bond acceptors (Lipinski definition) is 8. The number of aromatic nitrogens is 3. The van der Waals surface area contributed by atoms with Crippen LogP contribution in [0.4, 0.5) is 0 Å². The summed E-state index contributed by atoms with van der Waals surface area (Å²) in [5.74, 6) is 2.09. The van der Waals surface area contributed by atoms with Crippen molar-refractivity contribution in [2.75, 3.05) is 13.2 Å². The molecule has 0 amide bonds. The fraction of sp³-hybridized carbons (Fsp3) is 0.241. The standard InChI is InChI=1S/C29H27N3O5S/c1-3-5-6-17-36-22-13-11-20(12-14-22)26-30-29-32(31-26)27(33)25(38-29)18-23-15-16-24(37-23)19-7-9-21(10-8-19)28(34)35-4-2/h7-16,18H,3-6,17H2,1-2H3/b25-18+. The summed E-state index contributed by atoms with van der Waals surface area (Å²) in [5.41, 5.74) is 1.85. The molecule has 3 aromatic heterocycles. The number of rotatable bonds is 10. The third-order valence-corrected chi connectivity index (χ3v) is 6.85. The lowest BCUT2D eigenvalue weighted by Gasteiger charge is -2.05. The fourth-order valence-corrected chi connectivity index (χ4v) is 4.79. The Hall–Kier alpha value is -4.24. The molecule has 0 radical (unpaired) electrons. The van der Waals surface area contributed by atoms with Crippen molar-refractivity contribution in [2.24, 2.45) is 0 Å². The monoisotopic (exact) mass is 529 g/mol. The summed E-state index contributed by atoms with van der Waals surface area (Å²) in [4.78, 5) is 29.9. The highest BCUT2D eigenvalue weighted by molar-refractivity contribution is 7.15. The molecule has 38 heavy (non-hydrogen) atoms. The van der Waals surface area contributed by atoms with Gasteiger partial charge in [-0.1, -0.05) is 43.2 Å². The van der Waals surface area contributed by atoms with Crippen LogP contribution in [0, 0.1) is 0 Å². The molecule has 194 valence electrons. The fourth-order valence-electron chi connectivity index (χ4n) is 3.90. The highest BCUT2D eigenvalue weighted by Crippen LogP contribution is 2.24. The molecule has 0 unspecified atom stereocenters. The predicted octanol–water partition coefficient (Wildman–Crippen LogP) is 5.37. The van der Waals surface area contributed by atoms with Crippen molar-refractivity contribution in [3.63, 3.8) is 0 Å². The van der Waals surface area contributed by atoms with Crippen LogP contribution in [-0.2, 0) is 4.74 Å². The van der Waals surface area contributed by atoms with Gasteiger partial charge in [0.2, 0.25) is 4.96 Å². The van der Waals surface area contributed by atoms with E-state index in [-0.39, 0.29) is 11.5 Å². The Morgan fingerprint density at radius 1 is 1.00 bits per heavy atom. The van der Waals surface area contributed by atoms with E-state index in [1.54, 1.807) is 43.3 Å². The van der Waals surface area contributed by atoms with Crippen LogP contribution >= 0.6 is 11.3 Å². The van der Waals surface area contributed by atoms with E-state index in [1.807, 2.05) is 30.3 Å². The summed E-state index contributed by atoms with van der Waals surface area (Å²) < 4.78 is 18.5. The highest BCUT2D eigenvalue weighted by Gasteiger charge is 2.13. The number of nitrogens with zero attached hydrogens (tertiary/aromatic N) is 3. The van der Waals surface area contributed by atoms with E-state index in [1.165, 1.54) is 15.9 Å². The van der Waals surface area contributed by atoms with Gasteiger partial charge in [0.05, 0.1) is 18.8 Å². The highest BCUT2D eigenvalue weighted by atomic mass is 32.1. The molecule has 2 aromatic carbocycles. The van der Waals surface area contributed by atoms with Gasteiger partial charge in [-0.15, -0.1) is 5.10 Å². The first-order valence-electron chi connectivity index (χ1n) is 12.6. The number of esters is 1. The summed E-state index contributed by atoms with van der Waals surface area (Å²) in [6.45, 7) is 4.95. The summed E-state index contributed by atoms with van der Waals surface area (Å²) >= 11 is 1.25. The Balaban J connectivity index is 1.32. The number of hydrogen-bond donors (Lipinski definition) is 0. The van der Waals surface area contributed by atoms with E-state index in [4.69, 9.17) is 13.9 Å². The first-order valence-corrected chi connectivity index (χ1v) is 13.4. The van der Waals surface area contributed by atoms with Gasteiger partial charge in [-0.3, -0.25) is 4.79 Å². The van der Waals surface area contributed by atoms with Gasteiger partial charge in [-0.25, -0.2) is 4.79 Å². The van der Waals surface area contributed by atoms with Crippen LogP contribution in [0.1, 0.15) is 49.2 Å². The lowest BCUT2D eigenvalue weighted by molar-refractivity contribution is 0.0526. The number of fused-ring (bicyclic) bond motifs is 1. The zero-order valence-corrected chi connectivity index (χ0v) is 22.0. The minimum Gasteiger partial charge on any atom is -0.494 e. The first kappa shape index (κ1) is 25.4. The second kappa shape index (κ2) is 11.4. The smallest absolute Gasteiger partial charge is 0.338 e. The second-order valence-corrected chi connectivity index (χ2v) is 9.63. The average molecular weight is 530 g/mol. The molecule has 8 nitrogen and oxygen atoms in total. The van der Waals surface area contributed by atoms with Crippen LogP contribution in [-0.4, -0.2) is 33.8 Å². The Bertz CT molecular complexity index is 1650. The number of thiazole rings is 1. The molecule has 0 aliphatic rings. The van der Waals surface area contributed by atoms with Gasteiger partial charge in [0.15, 0.2) is 5.82 Å². The maximum Gasteiger partial charge on any atom is 0.338 e. The van der Waals surface area contributed by atoms with Gasteiger partial charge in [0.25, 0.3) is 5.56 Å². The van der Waals surface area contributed by atoms with Crippen LogP contribution < -0.4 is 14.8 Å². The minimum absolute atomic E-state index is 0.253. The zero-order valence-electron chi connectivity index (χ0n) is 21.2. The van der Waals surface area contributed by atoms with Gasteiger partial charge in [0, 0.05) is 17.2 Å². The number of carbonyl (C=O) groups is 1. The van der Waals surface area contributed by atoms with Crippen molar-refractivity contribution in [1.29, 1.82) is 0 Å². The SMILES string of the molecule is CCCCCOc1ccc(-c2nc3s/c(=C/c4ccc(-c5ccc(C(=O)OCC)cc5)o4)c(=O)n3n2)cc1. The van der Waals surface area contributed by atoms with Crippen LogP contribution in [0.3, 0.4) is 0 Å². The second-order valence-electron chi connectivity index (χ2n) is 8.63. The molecular weight excluding hydrogens is 502 g/mol. The van der Waals surface area contributed by atoms with Gasteiger partial charge in [-0.05, 0) is 61.9 Å². The molecular formula is C29H27N3O5S. The molecule has 0 saturated carbocycles. The molecule has 0 saturated heterocycles. The maximum absolute atomic E-state index is 13.0. The minimum atomic E-state index is -0.362. The van der Waals surface area contributed by atoms with Crippen LogP contribution in [0.2, 0.25) is 0 Å². The Labute approximate surface area is 223 Å². The number of benzene rings is 2. The van der Waals surface area contributed by atoms with Crippen molar-refractivity contribution in [2.45, 2.75) is 33.1 Å². The molecule has 0 bridgehead atoms. The van der Waals surface area contributed by atoms with Gasteiger partial charge >= 0.3 is 5.97 Å². The van der Waals surface area contributed by atoms with Crippen LogP contribution in [0.25, 0.3) is 33.7 Å². The first-order chi connectivity index (χ1) is 18.6. The maximum atomic E-state index is 13.0. The summed E-state index contributed by atoms with van der Waals surface area (Å²) in [6.07, 6.45) is 5.03. The third-order valence-electron chi connectivity index (χ3n) is 5.89. The van der Waals surface area contributed by atoms with Gasteiger partial charge in [0.1, 0.15) is 21.8 Å². The van der Waals surface area contributed by atoms with Gasteiger partial charge in [-0.2, -0.15) is 9.50 Å². The molecule has 0 aliphatic carbocycles. The van der Waals surface area contributed by atoms with Crippen molar-refractivity contribution in [3.8, 4) is 28.5 Å². The molecule has 3 heterocycles. The molecule has 0 fully saturated rings. The number of furan rings is 1. The van der Waals surface area contributed by atoms with E-state index >= 15 is 0 Å². The Kier molecular flexibility index (Phi) is 7.65. The third kappa shape index (κ3) is 5.52. The topological polar surface area (TPSA) is 95.9 Å². The molecule has 0 aliphatic heterocycles. The molecule has 0 spiro atoms. The molecule has 5 aromatic rings. The normalized spacial score (nSPS) is 11.8. The predicted molar refractivity (Wildman–Crippen MR) is 146 cm³/mol. The van der Waals surface area contributed by atoms with Crippen molar-refractivity contribution >= 4 is 28.3 Å². The van der Waals surface area contributed by atoms with E-state index < -0.39 is 0 Å². The summed E-state index contributed by atoms with van der Waals surface area (Å²) in [5, 5.41) is 4.42. The van der Waals surface area contributed by atoms with Crippen molar-refractivity contribution in [1.82, 2.24) is 14.6 Å². The van der Waals surface area contributed by atoms with E-state index in [0.29, 0.717) is 45.6 Å². The largest absolute Gasteiger partial charge is 0.494 e. The Morgan fingerprint density at radius 3 is 2.47 bits per heavy atom. The quantitative estimate of drug-likeness (QED) is 0.177. The number of unbranched alkanes of at least 4 members (excludes halogenated alkanes) is 2. The lowest BCUT2D eigenvalue weighted by atomic mass is 10.1. The van der Waals surface area contributed by atoms with Crippen molar-refractivity contribution < 1.29 is 18.7 Å². The van der Waals surface area contributed by atoms with E-state index in [2.05, 4.69) is 17.0 Å². The average Bonchev–Trinajstić information content (AvgIpc) is 3.65. The Morgan fingerprint density at radius 2 is 1.76 bits per heavy atom. The zero-order chi connectivity index (χ0) is 26.5.